The van der Waals surface area contributed by atoms with Gasteiger partial charge in [0, 0.05) is 5.69 Å². The second-order valence-corrected chi connectivity index (χ2v) is 7.56. The summed E-state index contributed by atoms with van der Waals surface area (Å²) < 4.78 is 34.7. The number of rotatable bonds is 6. The van der Waals surface area contributed by atoms with Crippen molar-refractivity contribution >= 4 is 21.9 Å². The Morgan fingerprint density at radius 1 is 0.857 bits per heavy atom. The van der Waals surface area contributed by atoms with E-state index in [1.807, 2.05) is 60.7 Å². The average Bonchev–Trinajstić information content (AvgIpc) is 2.69. The predicted octanol–water partition coefficient (Wildman–Crippen LogP) is 4.45. The summed E-state index contributed by atoms with van der Waals surface area (Å²) >= 11 is 0. The number of benzene rings is 3. The summed E-state index contributed by atoms with van der Waals surface area (Å²) in [5, 5.41) is 5.57. The molecule has 0 heterocycles. The van der Waals surface area contributed by atoms with E-state index >= 15 is 0 Å². The van der Waals surface area contributed by atoms with Crippen molar-refractivity contribution < 1.29 is 17.1 Å². The zero-order chi connectivity index (χ0) is 20.0. The van der Waals surface area contributed by atoms with Crippen LogP contribution < -0.4 is 10.6 Å². The molecule has 0 aromatic heterocycles. The minimum Gasteiger partial charge on any atom is -0.331 e. The van der Waals surface area contributed by atoms with E-state index in [0.29, 0.717) is 12.1 Å². The summed E-state index contributed by atoms with van der Waals surface area (Å²) in [5.41, 5.74) is 2.39. The molecule has 0 saturated carbocycles. The fourth-order valence-corrected chi connectivity index (χ4v) is 3.27. The fourth-order valence-electron chi connectivity index (χ4n) is 2.81. The Labute approximate surface area is 163 Å². The molecule has 3 aromatic carbocycles. The molecular weight excluding hydrogens is 379 g/mol. The Balaban J connectivity index is 1.72. The zero-order valence-electron chi connectivity index (χ0n) is 14.9. The van der Waals surface area contributed by atoms with Gasteiger partial charge in [0.15, 0.2) is 0 Å². The topological polar surface area (TPSA) is 75.3 Å². The molecule has 0 aliphatic carbocycles. The molecule has 2 N–H and O–H groups in total. The molecule has 3 aromatic rings. The first-order chi connectivity index (χ1) is 13.4. The van der Waals surface area contributed by atoms with Gasteiger partial charge >= 0.3 is 16.3 Å². The van der Waals surface area contributed by atoms with E-state index in [0.717, 1.165) is 23.3 Å². The van der Waals surface area contributed by atoms with E-state index in [1.54, 1.807) is 0 Å². The van der Waals surface area contributed by atoms with E-state index < -0.39 is 21.1 Å². The third kappa shape index (κ3) is 5.40. The summed E-state index contributed by atoms with van der Waals surface area (Å²) in [6.07, 6.45) is 0.608. The molecule has 0 fully saturated rings. The Hall–Kier alpha value is -3.19. The van der Waals surface area contributed by atoms with Gasteiger partial charge in [-0.05, 0) is 41.8 Å². The summed E-state index contributed by atoms with van der Waals surface area (Å²) in [7, 11) is -4.77. The highest BCUT2D eigenvalue weighted by atomic mass is 32.3. The first kappa shape index (κ1) is 19.6. The lowest BCUT2D eigenvalue weighted by Gasteiger charge is -2.20. The summed E-state index contributed by atoms with van der Waals surface area (Å²) in [4.78, 5) is 12.0. The van der Waals surface area contributed by atoms with Crippen LogP contribution in [-0.2, 0) is 16.6 Å². The number of nitrogens with one attached hydrogen (secondary N) is 2. The lowest BCUT2D eigenvalue weighted by atomic mass is 9.99. The maximum absolute atomic E-state index is 13.0. The Kier molecular flexibility index (Phi) is 6.06. The minimum atomic E-state index is -4.77. The highest BCUT2D eigenvalue weighted by Crippen LogP contribution is 2.20. The maximum atomic E-state index is 13.0. The molecule has 0 spiro atoms. The molecule has 5 nitrogen and oxygen atoms in total. The van der Waals surface area contributed by atoms with E-state index in [1.165, 1.54) is 12.1 Å². The van der Waals surface area contributed by atoms with Gasteiger partial charge in [-0.15, -0.1) is 3.89 Å². The highest BCUT2D eigenvalue weighted by molar-refractivity contribution is 7.86. The van der Waals surface area contributed by atoms with Crippen LogP contribution >= 0.6 is 0 Å². The van der Waals surface area contributed by atoms with Crippen LogP contribution in [0.1, 0.15) is 17.2 Å². The van der Waals surface area contributed by atoms with E-state index in [9.17, 15) is 17.1 Å². The lowest BCUT2D eigenvalue weighted by Crippen LogP contribution is -2.33. The maximum Gasteiger partial charge on any atom is 0.332 e. The van der Waals surface area contributed by atoms with Crippen molar-refractivity contribution in [1.82, 2.24) is 5.32 Å². The van der Waals surface area contributed by atoms with Gasteiger partial charge in [0.2, 0.25) is 0 Å². The Morgan fingerprint density at radius 2 is 1.43 bits per heavy atom. The third-order valence-electron chi connectivity index (χ3n) is 4.18. The van der Waals surface area contributed by atoms with Gasteiger partial charge in [-0.25, -0.2) is 4.79 Å². The molecule has 0 bridgehead atoms. The predicted molar refractivity (Wildman–Crippen MR) is 106 cm³/mol. The number of urea groups is 1. The van der Waals surface area contributed by atoms with Gasteiger partial charge in [-0.3, -0.25) is 0 Å². The number of halogens is 1. The van der Waals surface area contributed by atoms with Crippen molar-refractivity contribution in [3.63, 3.8) is 0 Å². The van der Waals surface area contributed by atoms with Crippen molar-refractivity contribution in [3.8, 4) is 0 Å². The summed E-state index contributed by atoms with van der Waals surface area (Å²) in [6, 6.07) is 23.6. The lowest BCUT2D eigenvalue weighted by molar-refractivity contribution is 0.248. The minimum absolute atomic E-state index is 0.255. The molecular formula is C21H19FN2O3S. The molecule has 3 rings (SSSR count). The van der Waals surface area contributed by atoms with E-state index in [2.05, 4.69) is 10.6 Å². The largest absolute Gasteiger partial charge is 0.332 e. The van der Waals surface area contributed by atoms with Gasteiger partial charge in [0.1, 0.15) is 0 Å². The van der Waals surface area contributed by atoms with Crippen molar-refractivity contribution in [3.05, 3.63) is 96.1 Å². The molecule has 2 amide bonds. The van der Waals surface area contributed by atoms with Gasteiger partial charge in [-0.2, -0.15) is 8.42 Å². The second-order valence-electron chi connectivity index (χ2n) is 6.21. The Morgan fingerprint density at radius 3 is 2.00 bits per heavy atom. The second kappa shape index (κ2) is 8.67. The van der Waals surface area contributed by atoms with Crippen LogP contribution in [0.3, 0.4) is 0 Å². The van der Waals surface area contributed by atoms with Gasteiger partial charge in [0.05, 0.1) is 10.9 Å². The third-order valence-corrected chi connectivity index (χ3v) is 5.02. The SMILES string of the molecule is O=C(Nc1ccc(S(=O)(=O)F)cc1)NC(Cc1ccccc1)c1ccccc1. The molecule has 1 unspecified atom stereocenters. The van der Waals surface area contributed by atoms with Crippen LogP contribution in [0.15, 0.2) is 89.8 Å². The molecule has 0 saturated heterocycles. The highest BCUT2D eigenvalue weighted by Gasteiger charge is 2.16. The van der Waals surface area contributed by atoms with Crippen LogP contribution in [0.25, 0.3) is 0 Å². The number of carbonyl (C=O) groups excluding carboxylic acids is 1. The quantitative estimate of drug-likeness (QED) is 0.603. The molecule has 0 aliphatic rings. The first-order valence-electron chi connectivity index (χ1n) is 8.63. The first-order valence-corrected chi connectivity index (χ1v) is 10.0. The summed E-state index contributed by atoms with van der Waals surface area (Å²) in [5.74, 6) is 0. The average molecular weight is 398 g/mol. The molecule has 1 atom stereocenters. The zero-order valence-corrected chi connectivity index (χ0v) is 15.7. The smallest absolute Gasteiger partial charge is 0.331 e. The van der Waals surface area contributed by atoms with Crippen LogP contribution in [0.2, 0.25) is 0 Å². The number of carbonyl (C=O) groups is 1. The molecule has 28 heavy (non-hydrogen) atoms. The molecule has 0 aliphatic heterocycles. The number of anilines is 1. The summed E-state index contributed by atoms with van der Waals surface area (Å²) in [6.45, 7) is 0. The molecule has 0 radical (unpaired) electrons. The van der Waals surface area contributed by atoms with Crippen LogP contribution in [0.4, 0.5) is 14.4 Å². The molecule has 144 valence electrons. The number of hydrogen-bond donors (Lipinski definition) is 2. The number of hydrogen-bond acceptors (Lipinski definition) is 3. The van der Waals surface area contributed by atoms with Crippen LogP contribution in [0, 0.1) is 0 Å². The Bertz CT molecular complexity index is 1020. The monoisotopic (exact) mass is 398 g/mol. The van der Waals surface area contributed by atoms with Gasteiger partial charge in [0.25, 0.3) is 0 Å². The van der Waals surface area contributed by atoms with E-state index in [-0.39, 0.29) is 6.04 Å². The molecule has 7 heteroatoms. The number of amides is 2. The van der Waals surface area contributed by atoms with E-state index in [4.69, 9.17) is 0 Å². The van der Waals surface area contributed by atoms with Crippen LogP contribution in [-0.4, -0.2) is 14.4 Å². The van der Waals surface area contributed by atoms with Crippen molar-refractivity contribution in [2.45, 2.75) is 17.4 Å². The van der Waals surface area contributed by atoms with Crippen LogP contribution in [0.5, 0.6) is 0 Å². The van der Waals surface area contributed by atoms with Gasteiger partial charge < -0.3 is 10.6 Å². The van der Waals surface area contributed by atoms with Crippen molar-refractivity contribution in [2.75, 3.05) is 5.32 Å². The van der Waals surface area contributed by atoms with Crippen molar-refractivity contribution in [2.24, 2.45) is 0 Å². The standard InChI is InChI=1S/C21H19FN2O3S/c22-28(26,27)19-13-11-18(12-14-19)23-21(25)24-20(17-9-5-2-6-10-17)15-16-7-3-1-4-8-16/h1-14,20H,15H2,(H2,23,24,25). The normalized spacial score (nSPS) is 12.2. The fraction of sp³-hybridized carbons (Fsp3) is 0.0952. The van der Waals surface area contributed by atoms with Crippen molar-refractivity contribution in [1.29, 1.82) is 0 Å². The van der Waals surface area contributed by atoms with Gasteiger partial charge in [-0.1, -0.05) is 60.7 Å².